The molecule has 0 aliphatic carbocycles. The Bertz CT molecular complexity index is 962. The Morgan fingerprint density at radius 1 is 1.07 bits per heavy atom. The molecule has 2 aliphatic heterocycles. The van der Waals surface area contributed by atoms with Gasteiger partial charge in [-0.2, -0.15) is 0 Å². The van der Waals surface area contributed by atoms with E-state index in [-0.39, 0.29) is 29.6 Å². The number of carbonyl (C=O) groups is 1. The molecule has 2 aliphatic rings. The quantitative estimate of drug-likeness (QED) is 0.587. The van der Waals surface area contributed by atoms with Gasteiger partial charge in [-0.1, -0.05) is 0 Å². The van der Waals surface area contributed by atoms with Gasteiger partial charge in [0.2, 0.25) is 5.91 Å². The van der Waals surface area contributed by atoms with Crippen LogP contribution in [0.25, 0.3) is 0 Å². The minimum absolute atomic E-state index is 0.0429. The number of alkyl halides is 2. The summed E-state index contributed by atoms with van der Waals surface area (Å²) in [6, 6.07) is 10.4. The van der Waals surface area contributed by atoms with Crippen molar-refractivity contribution in [2.24, 2.45) is 0 Å². The van der Waals surface area contributed by atoms with E-state index in [2.05, 4.69) is 19.7 Å². The Morgan fingerprint density at radius 3 is 2.40 bits per heavy atom. The van der Waals surface area contributed by atoms with Crippen LogP contribution in [0.3, 0.4) is 0 Å². The molecule has 1 N–H and O–H groups in total. The minimum Gasteiger partial charge on any atom is -0.395 e. The molecule has 4 rings (SSSR count). The number of nitro benzene ring substituents is 1. The summed E-state index contributed by atoms with van der Waals surface area (Å²) in [6.45, 7) is 2.77. The molecular weight excluding hydrogens is 402 g/mol. The van der Waals surface area contributed by atoms with Crippen molar-refractivity contribution in [2.45, 2.75) is 6.29 Å². The minimum atomic E-state index is -3.70. The van der Waals surface area contributed by atoms with Gasteiger partial charge < -0.3 is 19.7 Å². The molecule has 2 aromatic carbocycles. The largest absolute Gasteiger partial charge is 0.586 e. The van der Waals surface area contributed by atoms with Crippen LogP contribution in [0.1, 0.15) is 0 Å². The first-order valence-electron chi connectivity index (χ1n) is 9.21. The van der Waals surface area contributed by atoms with Crippen molar-refractivity contribution in [3.8, 4) is 11.5 Å². The Labute approximate surface area is 169 Å². The summed E-state index contributed by atoms with van der Waals surface area (Å²) >= 11 is 0. The maximum atomic E-state index is 13.1. The van der Waals surface area contributed by atoms with E-state index in [1.54, 1.807) is 12.1 Å². The number of non-ortho nitro benzene ring substituents is 1. The summed E-state index contributed by atoms with van der Waals surface area (Å²) in [6.07, 6.45) is -3.70. The number of nitrogens with one attached hydrogen (secondary N) is 1. The smallest absolute Gasteiger partial charge is 0.395 e. The number of fused-ring (bicyclic) bond motifs is 1. The highest BCUT2D eigenvalue weighted by Gasteiger charge is 2.43. The van der Waals surface area contributed by atoms with E-state index in [4.69, 9.17) is 0 Å². The lowest BCUT2D eigenvalue weighted by molar-refractivity contribution is -0.384. The topological polar surface area (TPSA) is 97.2 Å². The van der Waals surface area contributed by atoms with E-state index in [1.807, 2.05) is 4.90 Å². The molecule has 1 amide bonds. The third-order valence-corrected chi connectivity index (χ3v) is 4.85. The second-order valence-corrected chi connectivity index (χ2v) is 6.91. The van der Waals surface area contributed by atoms with Gasteiger partial charge in [0.15, 0.2) is 11.5 Å². The summed E-state index contributed by atoms with van der Waals surface area (Å²) in [4.78, 5) is 26.7. The Morgan fingerprint density at radius 2 is 1.73 bits per heavy atom. The van der Waals surface area contributed by atoms with E-state index < -0.39 is 11.2 Å². The van der Waals surface area contributed by atoms with Crippen molar-refractivity contribution in [3.63, 3.8) is 0 Å². The fraction of sp³-hybridized carbons (Fsp3) is 0.316. The molecule has 0 saturated carbocycles. The third kappa shape index (κ3) is 4.40. The SMILES string of the molecule is O=C(CN1CCN(c2ccc([N+](=O)[O-])cc2)CC1)Nc1ccc2c(c1)OC(F)(F)O2. The standard InChI is InChI=1S/C19H18F2N4O5/c20-19(21)29-16-6-1-13(11-17(16)30-19)22-18(26)12-23-7-9-24(10-8-23)14-2-4-15(5-3-14)25(27)28/h1-6,11H,7-10,12H2,(H,22,26). The number of hydrogen-bond acceptors (Lipinski definition) is 7. The number of amides is 1. The molecule has 1 fully saturated rings. The Balaban J connectivity index is 1.27. The number of anilines is 2. The van der Waals surface area contributed by atoms with Gasteiger partial charge in [0.1, 0.15) is 0 Å². The molecule has 0 atom stereocenters. The molecule has 0 spiro atoms. The van der Waals surface area contributed by atoms with E-state index in [0.29, 0.717) is 31.9 Å². The number of halogens is 2. The van der Waals surface area contributed by atoms with Crippen molar-refractivity contribution in [3.05, 3.63) is 52.6 Å². The number of carbonyl (C=O) groups excluding carboxylic acids is 1. The van der Waals surface area contributed by atoms with Gasteiger partial charge in [0, 0.05) is 55.8 Å². The fourth-order valence-corrected chi connectivity index (χ4v) is 3.38. The molecule has 0 bridgehead atoms. The van der Waals surface area contributed by atoms with Crippen molar-refractivity contribution >= 4 is 23.0 Å². The number of nitrogens with zero attached hydrogens (tertiary/aromatic N) is 3. The third-order valence-electron chi connectivity index (χ3n) is 4.85. The fourth-order valence-electron chi connectivity index (χ4n) is 3.38. The van der Waals surface area contributed by atoms with Gasteiger partial charge >= 0.3 is 6.29 Å². The Hall–Kier alpha value is -3.47. The second kappa shape index (κ2) is 7.75. The highest BCUT2D eigenvalue weighted by molar-refractivity contribution is 5.92. The van der Waals surface area contributed by atoms with Crippen molar-refractivity contribution in [1.29, 1.82) is 0 Å². The molecular formula is C19H18F2N4O5. The first-order valence-corrected chi connectivity index (χ1v) is 9.21. The molecule has 0 aromatic heterocycles. The van der Waals surface area contributed by atoms with Crippen LogP contribution < -0.4 is 19.7 Å². The van der Waals surface area contributed by atoms with Crippen LogP contribution in [0.2, 0.25) is 0 Å². The van der Waals surface area contributed by atoms with Crippen LogP contribution >= 0.6 is 0 Å². The molecule has 2 aromatic rings. The zero-order valence-electron chi connectivity index (χ0n) is 15.7. The summed E-state index contributed by atoms with van der Waals surface area (Å²) in [5.74, 6) is -0.487. The monoisotopic (exact) mass is 420 g/mol. The average molecular weight is 420 g/mol. The van der Waals surface area contributed by atoms with Crippen molar-refractivity contribution in [2.75, 3.05) is 42.9 Å². The zero-order valence-corrected chi connectivity index (χ0v) is 15.7. The van der Waals surface area contributed by atoms with Crippen LogP contribution in [0.4, 0.5) is 25.8 Å². The van der Waals surface area contributed by atoms with Gasteiger partial charge in [-0.25, -0.2) is 0 Å². The Kier molecular flexibility index (Phi) is 5.12. The van der Waals surface area contributed by atoms with Crippen LogP contribution in [0, 0.1) is 10.1 Å². The molecule has 0 unspecified atom stereocenters. The van der Waals surface area contributed by atoms with E-state index in [0.717, 1.165) is 5.69 Å². The number of rotatable bonds is 5. The normalized spacial score (nSPS) is 17.6. The maximum Gasteiger partial charge on any atom is 0.586 e. The lowest BCUT2D eigenvalue weighted by atomic mass is 10.2. The molecule has 158 valence electrons. The molecule has 0 radical (unpaired) electrons. The molecule has 1 saturated heterocycles. The predicted molar refractivity (Wildman–Crippen MR) is 103 cm³/mol. The molecule has 11 heteroatoms. The number of hydrogen-bond donors (Lipinski definition) is 1. The van der Waals surface area contributed by atoms with Crippen molar-refractivity contribution < 1.29 is 28.0 Å². The number of ether oxygens (including phenoxy) is 2. The van der Waals surface area contributed by atoms with Gasteiger partial charge in [-0.3, -0.25) is 19.8 Å². The highest BCUT2D eigenvalue weighted by Crippen LogP contribution is 2.42. The van der Waals surface area contributed by atoms with Gasteiger partial charge in [-0.05, 0) is 24.3 Å². The van der Waals surface area contributed by atoms with Crippen LogP contribution in [0.15, 0.2) is 42.5 Å². The summed E-state index contributed by atoms with van der Waals surface area (Å²) < 4.78 is 34.9. The molecule has 9 nitrogen and oxygen atoms in total. The average Bonchev–Trinajstić information content (AvgIpc) is 3.01. The van der Waals surface area contributed by atoms with Crippen LogP contribution in [-0.4, -0.2) is 54.7 Å². The zero-order chi connectivity index (χ0) is 21.3. The lowest BCUT2D eigenvalue weighted by Gasteiger charge is -2.35. The summed E-state index contributed by atoms with van der Waals surface area (Å²) in [5, 5.41) is 13.4. The number of piperazine rings is 1. The van der Waals surface area contributed by atoms with Crippen LogP contribution in [-0.2, 0) is 4.79 Å². The second-order valence-electron chi connectivity index (χ2n) is 6.91. The van der Waals surface area contributed by atoms with Crippen molar-refractivity contribution in [1.82, 2.24) is 4.90 Å². The molecule has 2 heterocycles. The highest BCUT2D eigenvalue weighted by atomic mass is 19.3. The van der Waals surface area contributed by atoms with E-state index in [9.17, 15) is 23.7 Å². The van der Waals surface area contributed by atoms with Gasteiger partial charge in [0.25, 0.3) is 5.69 Å². The van der Waals surface area contributed by atoms with Crippen LogP contribution in [0.5, 0.6) is 11.5 Å². The first kappa shape index (κ1) is 19.8. The van der Waals surface area contributed by atoms with Gasteiger partial charge in [-0.15, -0.1) is 8.78 Å². The van der Waals surface area contributed by atoms with Gasteiger partial charge in [0.05, 0.1) is 11.5 Å². The predicted octanol–water partition coefficient (Wildman–Crippen LogP) is 2.68. The molecule has 30 heavy (non-hydrogen) atoms. The summed E-state index contributed by atoms with van der Waals surface area (Å²) in [5.41, 5.74) is 1.27. The lowest BCUT2D eigenvalue weighted by Crippen LogP contribution is -2.48. The number of nitro groups is 1. The van der Waals surface area contributed by atoms with E-state index >= 15 is 0 Å². The van der Waals surface area contributed by atoms with E-state index in [1.165, 1.54) is 30.3 Å². The first-order chi connectivity index (χ1) is 14.3. The maximum absolute atomic E-state index is 13.1. The number of benzene rings is 2. The summed E-state index contributed by atoms with van der Waals surface area (Å²) in [7, 11) is 0.